The first-order valence-electron chi connectivity index (χ1n) is 19.9. The maximum Gasteiger partial charge on any atom is 0.416 e. The smallest absolute Gasteiger partial charge is 0.416 e. The van der Waals surface area contributed by atoms with Gasteiger partial charge in [0.25, 0.3) is 0 Å². The monoisotopic (exact) mass is 896 g/mol. The minimum atomic E-state index is -4.47. The molecule has 6 rings (SSSR count). The molecule has 0 aliphatic carbocycles. The largest absolute Gasteiger partial charge is 0.480 e. The number of hydrogen-bond acceptors (Lipinski definition) is 10. The van der Waals surface area contributed by atoms with Crippen LogP contribution in [0.4, 0.5) is 22.0 Å². The zero-order valence-electron chi connectivity index (χ0n) is 34.4. The number of piperidine rings is 1. The Balaban J connectivity index is 0.000000688. The Morgan fingerprint density at radius 1 is 0.812 bits per heavy atom. The van der Waals surface area contributed by atoms with Crippen LogP contribution in [0, 0.1) is 11.6 Å². The molecule has 0 amide bonds. The Hall–Kier alpha value is -6.41. The van der Waals surface area contributed by atoms with Gasteiger partial charge >= 0.3 is 24.1 Å². The number of pyridine rings is 2. The van der Waals surface area contributed by atoms with Gasteiger partial charge in [0.2, 0.25) is 0 Å². The number of fused-ring (bicyclic) bond motifs is 1. The predicted octanol–water partition coefficient (Wildman–Crippen LogP) is 5.25. The van der Waals surface area contributed by atoms with Crippen LogP contribution in [0.1, 0.15) is 55.1 Å². The van der Waals surface area contributed by atoms with Crippen LogP contribution in [-0.4, -0.2) is 101 Å². The second kappa shape index (κ2) is 20.4. The molecule has 6 N–H and O–H groups in total. The second-order valence-electron chi connectivity index (χ2n) is 15.6. The van der Waals surface area contributed by atoms with E-state index in [0.717, 1.165) is 18.2 Å². The summed E-state index contributed by atoms with van der Waals surface area (Å²) in [5.41, 5.74) is 0.406. The Kier molecular flexibility index (Phi) is 15.5. The van der Waals surface area contributed by atoms with Crippen molar-refractivity contribution in [1.82, 2.24) is 19.8 Å². The van der Waals surface area contributed by atoms with Gasteiger partial charge < -0.3 is 35.4 Å². The molecule has 3 heterocycles. The lowest BCUT2D eigenvalue weighted by Gasteiger charge is -2.41. The topological polar surface area (TPSA) is 220 Å². The molecule has 0 bridgehead atoms. The van der Waals surface area contributed by atoms with E-state index >= 15 is 0 Å². The number of carbonyl (C=O) groups excluding carboxylic acids is 1. The van der Waals surface area contributed by atoms with Gasteiger partial charge in [-0.15, -0.1) is 0 Å². The van der Waals surface area contributed by atoms with Crippen molar-refractivity contribution in [2.24, 2.45) is 0 Å². The van der Waals surface area contributed by atoms with Crippen molar-refractivity contribution in [1.29, 1.82) is 0 Å². The van der Waals surface area contributed by atoms with Gasteiger partial charge in [-0.25, -0.2) is 23.4 Å². The van der Waals surface area contributed by atoms with Crippen molar-refractivity contribution in [3.63, 3.8) is 0 Å². The van der Waals surface area contributed by atoms with Crippen molar-refractivity contribution in [3.05, 3.63) is 135 Å². The van der Waals surface area contributed by atoms with Crippen LogP contribution in [0.25, 0.3) is 22.2 Å². The third kappa shape index (κ3) is 11.6. The lowest BCUT2D eigenvalue weighted by molar-refractivity contribution is -0.165. The van der Waals surface area contributed by atoms with Gasteiger partial charge in [0.05, 0.1) is 23.5 Å². The molecule has 3 atom stereocenters. The number of carbonyl (C=O) groups is 4. The lowest BCUT2D eigenvalue weighted by atomic mass is 9.93. The van der Waals surface area contributed by atoms with Gasteiger partial charge in [-0.1, -0.05) is 48.5 Å². The number of aliphatic carboxylic acids is 3. The minimum Gasteiger partial charge on any atom is -0.480 e. The fraction of sp³-hybridized carbons (Fsp3) is 0.333. The maximum absolute atomic E-state index is 14.6. The molecule has 2 aromatic heterocycles. The van der Waals surface area contributed by atoms with E-state index in [-0.39, 0.29) is 53.2 Å². The first kappa shape index (κ1) is 48.6. The lowest BCUT2D eigenvalue weighted by Crippen LogP contribution is -2.55. The summed E-state index contributed by atoms with van der Waals surface area (Å²) in [6.45, 7) is 4.00. The molecule has 3 unspecified atom stereocenters. The molecule has 0 radical (unpaired) electrons. The highest BCUT2D eigenvalue weighted by Gasteiger charge is 2.38. The molecule has 1 fully saturated rings. The first-order valence-corrected chi connectivity index (χ1v) is 19.9. The van der Waals surface area contributed by atoms with Crippen LogP contribution in [0.2, 0.25) is 0 Å². The van der Waals surface area contributed by atoms with E-state index in [2.05, 4.69) is 10.3 Å². The average Bonchev–Trinajstić information content (AvgIpc) is 3.26. The van der Waals surface area contributed by atoms with Crippen LogP contribution in [-0.2, 0) is 44.7 Å². The Labute approximate surface area is 362 Å². The summed E-state index contributed by atoms with van der Waals surface area (Å²) in [7, 11) is 0. The third-order valence-corrected chi connectivity index (χ3v) is 11.1. The highest BCUT2D eigenvalue weighted by Crippen LogP contribution is 2.32. The van der Waals surface area contributed by atoms with Crippen LogP contribution >= 0.6 is 0 Å². The van der Waals surface area contributed by atoms with Crippen molar-refractivity contribution in [3.8, 4) is 11.1 Å². The van der Waals surface area contributed by atoms with Gasteiger partial charge in [-0.2, -0.15) is 13.2 Å². The van der Waals surface area contributed by atoms with E-state index in [0.29, 0.717) is 48.3 Å². The van der Waals surface area contributed by atoms with E-state index in [1.165, 1.54) is 36.5 Å². The number of benzene rings is 3. The number of alkyl halides is 3. The van der Waals surface area contributed by atoms with E-state index < -0.39 is 65.1 Å². The number of carboxylic acids is 3. The first-order chi connectivity index (χ1) is 30.1. The van der Waals surface area contributed by atoms with E-state index in [9.17, 15) is 51.0 Å². The minimum absolute atomic E-state index is 0.0495. The molecule has 1 aliphatic heterocycles. The summed E-state index contributed by atoms with van der Waals surface area (Å²) in [4.78, 5) is 65.5. The maximum atomic E-state index is 14.6. The number of aromatic nitrogens is 2. The molecule has 0 spiro atoms. The molecule has 19 heteroatoms. The van der Waals surface area contributed by atoms with Crippen molar-refractivity contribution in [2.75, 3.05) is 13.1 Å². The number of carboxylic acid groups (broad SMARTS) is 3. The molecule has 340 valence electrons. The molecular weight excluding hydrogens is 852 g/mol. The number of likely N-dealkylation sites (tertiary alicyclic amines) is 1. The van der Waals surface area contributed by atoms with Gasteiger partial charge in [0.15, 0.2) is 35.1 Å². The van der Waals surface area contributed by atoms with E-state index in [1.54, 1.807) is 54.8 Å². The number of halogens is 5. The summed E-state index contributed by atoms with van der Waals surface area (Å²) in [5.74, 6) is -6.74. The van der Waals surface area contributed by atoms with E-state index in [4.69, 9.17) is 20.4 Å². The number of rotatable bonds is 15. The van der Waals surface area contributed by atoms with E-state index in [1.807, 2.05) is 4.90 Å². The summed E-state index contributed by atoms with van der Waals surface area (Å²) in [5, 5.41) is 46.0. The zero-order valence-corrected chi connectivity index (χ0v) is 34.4. The highest BCUT2D eigenvalue weighted by atomic mass is 19.4. The Bertz CT molecular complexity index is 2520. The summed E-state index contributed by atoms with van der Waals surface area (Å²) >= 11 is 0. The fourth-order valence-electron chi connectivity index (χ4n) is 7.22. The molecule has 1 aliphatic rings. The number of hydrogen-bond donors (Lipinski definition) is 6. The normalized spacial score (nSPS) is 15.1. The van der Waals surface area contributed by atoms with Crippen LogP contribution < -0.4 is 10.7 Å². The number of aliphatic hydroxyl groups excluding tert-OH is 2. The summed E-state index contributed by atoms with van der Waals surface area (Å²) in [6, 6.07) is 19.1. The highest BCUT2D eigenvalue weighted by molar-refractivity contribution is 5.87. The molecular formula is C45H45F5N4O10. The van der Waals surface area contributed by atoms with Gasteiger partial charge in [0, 0.05) is 37.1 Å². The quantitative estimate of drug-likeness (QED) is 0.0741. The van der Waals surface area contributed by atoms with Gasteiger partial charge in [0.1, 0.15) is 11.2 Å². The van der Waals surface area contributed by atoms with Crippen LogP contribution in [0.5, 0.6) is 0 Å². The van der Waals surface area contributed by atoms with Gasteiger partial charge in [-0.3, -0.25) is 19.3 Å². The molecule has 3 aromatic carbocycles. The second-order valence-corrected chi connectivity index (χ2v) is 15.6. The fourth-order valence-corrected chi connectivity index (χ4v) is 7.22. The van der Waals surface area contributed by atoms with Crippen molar-refractivity contribution in [2.45, 2.75) is 82.1 Å². The molecule has 64 heavy (non-hydrogen) atoms. The zero-order chi connectivity index (χ0) is 47.1. The number of nitrogens with zero attached hydrogens (tertiary/aromatic N) is 3. The third-order valence-electron chi connectivity index (χ3n) is 11.1. The number of aryl methyl sites for hydroxylation is 2. The average molecular weight is 897 g/mol. The number of aliphatic hydroxyl groups is 2. The SMILES string of the molecule is CC(C)(C(=O)O)N1CCC(NC(C(=O)Cn2c(CCc3cccc(F)c3F)cc(=O)c3cccnc32)c2ccc(-c3ccc(C(F)(F)F)cc3)cc2)CC1.O=C(O)C(O)C(O)C(=O)O. The number of ketones is 1. The van der Waals surface area contributed by atoms with Crippen molar-refractivity contribution < 1.29 is 66.7 Å². The standard InChI is InChI=1S/C41H39F5N4O4.C4H6O6/c1-40(2,39(53)54)49-21-18-30(19-22-49)48-37(28-10-8-25(9-11-28)26-12-15-29(16-13-26)41(44,45)46)35(52)24-50-31(17-14-27-5-3-7-33(42)36(27)43)23-34(51)32-6-4-20-47-38(32)50;5-1(3(7)8)2(6)4(9)10/h3-13,15-16,20,23,30,37,48H,14,17-19,21-22,24H2,1-2H3,(H,53,54);1-2,5-6H,(H,7,8)(H,9,10). The Morgan fingerprint density at radius 2 is 1.39 bits per heavy atom. The van der Waals surface area contributed by atoms with Crippen molar-refractivity contribution >= 4 is 34.7 Å². The summed E-state index contributed by atoms with van der Waals surface area (Å²) < 4.78 is 69.7. The van der Waals surface area contributed by atoms with Gasteiger partial charge in [-0.05, 0) is 92.1 Å². The molecule has 0 saturated carbocycles. The molecule has 5 aromatic rings. The summed E-state index contributed by atoms with van der Waals surface area (Å²) in [6.07, 6.45) is -6.24. The molecule has 1 saturated heterocycles. The number of Topliss-reactive ketones (excluding diaryl/α,β-unsaturated/α-hetero) is 1. The predicted molar refractivity (Wildman–Crippen MR) is 221 cm³/mol. The van der Waals surface area contributed by atoms with Crippen LogP contribution in [0.15, 0.2) is 95.9 Å². The van der Waals surface area contributed by atoms with Crippen LogP contribution in [0.3, 0.4) is 0 Å². The molecule has 14 nitrogen and oxygen atoms in total. The number of nitrogens with one attached hydrogen (secondary N) is 1. The Morgan fingerprint density at radius 3 is 1.94 bits per heavy atom.